The van der Waals surface area contributed by atoms with Gasteiger partial charge in [0.05, 0.1) is 0 Å². The van der Waals surface area contributed by atoms with Crippen LogP contribution in [0.15, 0.2) is 72.8 Å². The number of hydrogen-bond acceptors (Lipinski definition) is 3. The first-order valence-corrected chi connectivity index (χ1v) is 8.59. The number of nitrogens with one attached hydrogen (secondary N) is 2. The normalized spacial score (nSPS) is 10.2. The summed E-state index contributed by atoms with van der Waals surface area (Å²) >= 11 is 5.91. The Bertz CT molecular complexity index is 880. The molecule has 0 saturated heterocycles. The Kier molecular flexibility index (Phi) is 5.77. The molecule has 3 aromatic rings. The SMILES string of the molecule is Cc1cc(Cl)ccc1OCC(=O)Nc1ccc(Nc2ccccc2)cc1. The van der Waals surface area contributed by atoms with E-state index < -0.39 is 0 Å². The molecule has 0 radical (unpaired) electrons. The first kappa shape index (κ1) is 17.8. The molecule has 5 heteroatoms. The van der Waals surface area contributed by atoms with Gasteiger partial charge in [-0.1, -0.05) is 29.8 Å². The van der Waals surface area contributed by atoms with Crippen LogP contribution >= 0.6 is 11.6 Å². The van der Waals surface area contributed by atoms with Crippen molar-refractivity contribution in [2.24, 2.45) is 0 Å². The maximum atomic E-state index is 12.1. The molecule has 0 atom stereocenters. The van der Waals surface area contributed by atoms with E-state index in [0.29, 0.717) is 16.5 Å². The Labute approximate surface area is 157 Å². The highest BCUT2D eigenvalue weighted by Gasteiger charge is 2.06. The quantitative estimate of drug-likeness (QED) is 0.613. The van der Waals surface area contributed by atoms with E-state index in [4.69, 9.17) is 16.3 Å². The second-order valence-corrected chi connectivity index (χ2v) is 6.25. The fourth-order valence-electron chi connectivity index (χ4n) is 2.44. The highest BCUT2D eigenvalue weighted by molar-refractivity contribution is 6.30. The van der Waals surface area contributed by atoms with Crippen LogP contribution in [0.25, 0.3) is 0 Å². The number of amides is 1. The van der Waals surface area contributed by atoms with Gasteiger partial charge < -0.3 is 15.4 Å². The van der Waals surface area contributed by atoms with E-state index in [1.165, 1.54) is 0 Å². The molecule has 132 valence electrons. The van der Waals surface area contributed by atoms with Crippen LogP contribution in [0.3, 0.4) is 0 Å². The summed E-state index contributed by atoms with van der Waals surface area (Å²) in [5.41, 5.74) is 3.56. The Hall–Kier alpha value is -2.98. The molecule has 0 unspecified atom stereocenters. The molecule has 3 aromatic carbocycles. The van der Waals surface area contributed by atoms with Crippen molar-refractivity contribution in [2.45, 2.75) is 6.92 Å². The molecule has 0 aromatic heterocycles. The van der Waals surface area contributed by atoms with E-state index in [-0.39, 0.29) is 12.5 Å². The first-order valence-electron chi connectivity index (χ1n) is 8.21. The van der Waals surface area contributed by atoms with Gasteiger partial charge in [-0.05, 0) is 67.1 Å². The zero-order valence-electron chi connectivity index (χ0n) is 14.3. The van der Waals surface area contributed by atoms with Gasteiger partial charge in [0.25, 0.3) is 5.91 Å². The zero-order chi connectivity index (χ0) is 18.4. The second-order valence-electron chi connectivity index (χ2n) is 5.82. The molecule has 0 saturated carbocycles. The lowest BCUT2D eigenvalue weighted by Crippen LogP contribution is -2.20. The van der Waals surface area contributed by atoms with E-state index in [9.17, 15) is 4.79 Å². The van der Waals surface area contributed by atoms with E-state index in [1.807, 2.05) is 61.5 Å². The van der Waals surface area contributed by atoms with Crippen LogP contribution in [-0.2, 0) is 4.79 Å². The highest BCUT2D eigenvalue weighted by atomic mass is 35.5. The number of aryl methyl sites for hydroxylation is 1. The molecule has 0 aliphatic rings. The van der Waals surface area contributed by atoms with Gasteiger partial charge in [0, 0.05) is 22.1 Å². The third kappa shape index (κ3) is 5.01. The van der Waals surface area contributed by atoms with E-state index in [2.05, 4.69) is 10.6 Å². The van der Waals surface area contributed by atoms with Crippen molar-refractivity contribution in [1.82, 2.24) is 0 Å². The summed E-state index contributed by atoms with van der Waals surface area (Å²) < 4.78 is 5.55. The van der Waals surface area contributed by atoms with Crippen LogP contribution in [0, 0.1) is 6.92 Å². The van der Waals surface area contributed by atoms with Gasteiger partial charge in [-0.15, -0.1) is 0 Å². The summed E-state index contributed by atoms with van der Waals surface area (Å²) in [5, 5.41) is 6.75. The predicted molar refractivity (Wildman–Crippen MR) is 106 cm³/mol. The van der Waals surface area contributed by atoms with Crippen molar-refractivity contribution in [1.29, 1.82) is 0 Å². The Balaban J connectivity index is 1.52. The van der Waals surface area contributed by atoms with Crippen molar-refractivity contribution in [2.75, 3.05) is 17.2 Å². The number of rotatable bonds is 6. The lowest BCUT2D eigenvalue weighted by atomic mass is 10.2. The summed E-state index contributed by atoms with van der Waals surface area (Å²) in [5.74, 6) is 0.426. The monoisotopic (exact) mass is 366 g/mol. The minimum Gasteiger partial charge on any atom is -0.483 e. The first-order chi connectivity index (χ1) is 12.6. The minimum absolute atomic E-state index is 0.0630. The van der Waals surface area contributed by atoms with Crippen molar-refractivity contribution in [3.05, 3.63) is 83.4 Å². The third-order valence-corrected chi connectivity index (χ3v) is 3.96. The van der Waals surface area contributed by atoms with Gasteiger partial charge >= 0.3 is 0 Å². The number of benzene rings is 3. The third-order valence-electron chi connectivity index (χ3n) is 3.73. The van der Waals surface area contributed by atoms with Gasteiger partial charge in [0.1, 0.15) is 5.75 Å². The Morgan fingerprint density at radius 1 is 0.923 bits per heavy atom. The number of ether oxygens (including phenoxy) is 1. The number of carbonyl (C=O) groups is 1. The van der Waals surface area contributed by atoms with E-state index >= 15 is 0 Å². The molecule has 0 spiro atoms. The van der Waals surface area contributed by atoms with Crippen LogP contribution in [-0.4, -0.2) is 12.5 Å². The molecule has 0 aliphatic carbocycles. The maximum Gasteiger partial charge on any atom is 0.262 e. The smallest absolute Gasteiger partial charge is 0.262 e. The minimum atomic E-state index is -0.219. The predicted octanol–water partition coefficient (Wildman–Crippen LogP) is 5.41. The molecule has 2 N–H and O–H groups in total. The van der Waals surface area contributed by atoms with Crippen LogP contribution < -0.4 is 15.4 Å². The fourth-order valence-corrected chi connectivity index (χ4v) is 2.67. The van der Waals surface area contributed by atoms with Crippen molar-refractivity contribution in [3.63, 3.8) is 0 Å². The lowest BCUT2D eigenvalue weighted by molar-refractivity contribution is -0.118. The number of anilines is 3. The number of para-hydroxylation sites is 1. The molecule has 0 fully saturated rings. The summed E-state index contributed by atoms with van der Waals surface area (Å²) in [6.07, 6.45) is 0. The van der Waals surface area contributed by atoms with Gasteiger partial charge in [-0.2, -0.15) is 0 Å². The second kappa shape index (κ2) is 8.41. The molecular formula is C21H19ClN2O2. The number of halogens is 1. The Morgan fingerprint density at radius 2 is 1.58 bits per heavy atom. The van der Waals surface area contributed by atoms with Crippen molar-refractivity contribution < 1.29 is 9.53 Å². The highest BCUT2D eigenvalue weighted by Crippen LogP contribution is 2.22. The van der Waals surface area contributed by atoms with Gasteiger partial charge in [0.2, 0.25) is 0 Å². The average Bonchev–Trinajstić information content (AvgIpc) is 2.63. The molecule has 3 rings (SSSR count). The topological polar surface area (TPSA) is 50.4 Å². The summed E-state index contributed by atoms with van der Waals surface area (Å²) in [6.45, 7) is 1.82. The molecule has 4 nitrogen and oxygen atoms in total. The standard InChI is InChI=1S/C21H19ClN2O2/c1-15-13-16(22)7-12-20(15)26-14-21(25)24-19-10-8-18(9-11-19)23-17-5-3-2-4-6-17/h2-13,23H,14H2,1H3,(H,24,25). The lowest BCUT2D eigenvalue weighted by Gasteiger charge is -2.11. The fraction of sp³-hybridized carbons (Fsp3) is 0.0952. The van der Waals surface area contributed by atoms with Gasteiger partial charge in [-0.25, -0.2) is 0 Å². The molecule has 0 bridgehead atoms. The van der Waals surface area contributed by atoms with E-state index in [0.717, 1.165) is 16.9 Å². The Morgan fingerprint density at radius 3 is 2.27 bits per heavy atom. The molecule has 0 aliphatic heterocycles. The van der Waals surface area contributed by atoms with Crippen molar-refractivity contribution >= 4 is 34.6 Å². The molecule has 1 amide bonds. The summed E-state index contributed by atoms with van der Waals surface area (Å²) in [4.78, 5) is 12.1. The largest absolute Gasteiger partial charge is 0.483 e. The van der Waals surface area contributed by atoms with Crippen LogP contribution in [0.2, 0.25) is 5.02 Å². The van der Waals surface area contributed by atoms with Gasteiger partial charge in [0.15, 0.2) is 6.61 Å². The average molecular weight is 367 g/mol. The van der Waals surface area contributed by atoms with E-state index in [1.54, 1.807) is 18.2 Å². The molecule has 0 heterocycles. The summed E-state index contributed by atoms with van der Waals surface area (Å²) in [7, 11) is 0. The maximum absolute atomic E-state index is 12.1. The van der Waals surface area contributed by atoms with Gasteiger partial charge in [-0.3, -0.25) is 4.79 Å². The zero-order valence-corrected chi connectivity index (χ0v) is 15.1. The van der Waals surface area contributed by atoms with Crippen LogP contribution in [0.5, 0.6) is 5.75 Å². The van der Waals surface area contributed by atoms with Crippen molar-refractivity contribution in [3.8, 4) is 5.75 Å². The molecule has 26 heavy (non-hydrogen) atoms. The molecular weight excluding hydrogens is 348 g/mol. The summed E-state index contributed by atoms with van der Waals surface area (Å²) in [6, 6.07) is 22.7. The number of hydrogen-bond donors (Lipinski definition) is 2. The number of carbonyl (C=O) groups excluding carboxylic acids is 1. The van der Waals surface area contributed by atoms with Crippen LogP contribution in [0.1, 0.15) is 5.56 Å². The van der Waals surface area contributed by atoms with Crippen LogP contribution in [0.4, 0.5) is 17.1 Å².